The second kappa shape index (κ2) is 8.41. The van der Waals surface area contributed by atoms with Gasteiger partial charge in [-0.2, -0.15) is 4.72 Å². The van der Waals surface area contributed by atoms with Crippen molar-refractivity contribution in [2.75, 3.05) is 26.3 Å². The molecule has 1 aliphatic heterocycles. The average molecular weight is 370 g/mol. The summed E-state index contributed by atoms with van der Waals surface area (Å²) in [6, 6.07) is 4.72. The molecule has 25 heavy (non-hydrogen) atoms. The minimum atomic E-state index is -3.97. The number of carboxylic acids is 1. The van der Waals surface area contributed by atoms with Crippen LogP contribution in [0.25, 0.3) is 0 Å². The Bertz CT molecular complexity index is 711. The van der Waals surface area contributed by atoms with Crippen molar-refractivity contribution in [2.24, 2.45) is 0 Å². The molecular formula is C16H22N2O6S. The van der Waals surface area contributed by atoms with Gasteiger partial charge in [0.2, 0.25) is 15.9 Å². The van der Waals surface area contributed by atoms with Crippen LogP contribution in [0.2, 0.25) is 0 Å². The number of nitrogens with zero attached hydrogens (tertiary/aromatic N) is 1. The lowest BCUT2D eigenvalue weighted by atomic mass is 10.1. The number of benzene rings is 1. The van der Waals surface area contributed by atoms with E-state index in [1.807, 2.05) is 6.92 Å². The first-order valence-corrected chi connectivity index (χ1v) is 9.45. The number of ether oxygens (including phenoxy) is 1. The normalized spacial score (nSPS) is 16.4. The van der Waals surface area contributed by atoms with Crippen LogP contribution in [-0.4, -0.2) is 62.6 Å². The molecule has 8 nitrogen and oxygen atoms in total. The van der Waals surface area contributed by atoms with Crippen LogP contribution in [0, 0.1) is 6.92 Å². The lowest BCUT2D eigenvalue weighted by molar-refractivity contribution is -0.140. The van der Waals surface area contributed by atoms with Crippen molar-refractivity contribution in [1.29, 1.82) is 0 Å². The lowest BCUT2D eigenvalue weighted by Crippen LogP contribution is -2.43. The Balaban J connectivity index is 1.99. The monoisotopic (exact) mass is 370 g/mol. The summed E-state index contributed by atoms with van der Waals surface area (Å²) in [6.45, 7) is 3.65. The third-order valence-electron chi connectivity index (χ3n) is 3.94. The fourth-order valence-corrected chi connectivity index (χ4v) is 3.67. The van der Waals surface area contributed by atoms with Crippen molar-refractivity contribution >= 4 is 21.9 Å². The first-order valence-electron chi connectivity index (χ1n) is 7.97. The van der Waals surface area contributed by atoms with E-state index in [4.69, 9.17) is 4.74 Å². The maximum atomic E-state index is 12.3. The molecule has 1 unspecified atom stereocenters. The van der Waals surface area contributed by atoms with E-state index in [1.165, 1.54) is 12.1 Å². The molecule has 0 aromatic heterocycles. The third kappa shape index (κ3) is 5.52. The number of amides is 1. The van der Waals surface area contributed by atoms with Crippen molar-refractivity contribution in [3.63, 3.8) is 0 Å². The number of carbonyl (C=O) groups excluding carboxylic acids is 1. The predicted molar refractivity (Wildman–Crippen MR) is 89.6 cm³/mol. The molecule has 1 aliphatic rings. The van der Waals surface area contributed by atoms with Crippen LogP contribution in [0.4, 0.5) is 0 Å². The Morgan fingerprint density at radius 2 is 1.84 bits per heavy atom. The van der Waals surface area contributed by atoms with Gasteiger partial charge in [-0.3, -0.25) is 9.59 Å². The highest BCUT2D eigenvalue weighted by Crippen LogP contribution is 2.13. The molecule has 9 heteroatoms. The number of aryl methyl sites for hydroxylation is 1. The Kier molecular flexibility index (Phi) is 6.51. The van der Waals surface area contributed by atoms with Crippen LogP contribution in [0.15, 0.2) is 29.2 Å². The minimum absolute atomic E-state index is 0.0103. The van der Waals surface area contributed by atoms with Crippen LogP contribution in [0.5, 0.6) is 0 Å². The maximum Gasteiger partial charge on any atom is 0.321 e. The molecule has 1 heterocycles. The van der Waals surface area contributed by atoms with Gasteiger partial charge < -0.3 is 14.7 Å². The summed E-state index contributed by atoms with van der Waals surface area (Å²) in [5.74, 6) is -1.52. The highest BCUT2D eigenvalue weighted by Gasteiger charge is 2.27. The number of sulfonamides is 1. The van der Waals surface area contributed by atoms with Gasteiger partial charge in [0.25, 0.3) is 0 Å². The first-order chi connectivity index (χ1) is 11.8. The number of morpholine rings is 1. The molecule has 1 amide bonds. The fraction of sp³-hybridized carbons (Fsp3) is 0.500. The molecule has 2 rings (SSSR count). The quantitative estimate of drug-likeness (QED) is 0.717. The molecular weight excluding hydrogens is 348 g/mol. The standard InChI is InChI=1S/C16H22N2O6S/c1-12-2-4-13(5-3-12)25(22,23)17-14(16(20)21)6-7-15(19)18-8-10-24-11-9-18/h2-5,14,17H,6-11H2,1H3,(H,20,21). The Hall–Kier alpha value is -1.97. The molecule has 0 radical (unpaired) electrons. The van der Waals surface area contributed by atoms with E-state index in [0.717, 1.165) is 5.56 Å². The maximum absolute atomic E-state index is 12.3. The molecule has 138 valence electrons. The number of hydrogen-bond donors (Lipinski definition) is 2. The molecule has 0 aliphatic carbocycles. The predicted octanol–water partition coefficient (Wildman–Crippen LogP) is 0.366. The molecule has 1 atom stereocenters. The van der Waals surface area contributed by atoms with Crippen molar-refractivity contribution in [3.05, 3.63) is 29.8 Å². The first kappa shape index (κ1) is 19.4. The number of rotatable bonds is 7. The Labute approximate surface area is 146 Å². The van der Waals surface area contributed by atoms with Gasteiger partial charge in [-0.25, -0.2) is 8.42 Å². The SMILES string of the molecule is Cc1ccc(S(=O)(=O)NC(CCC(=O)N2CCOCC2)C(=O)O)cc1. The summed E-state index contributed by atoms with van der Waals surface area (Å²) in [7, 11) is -3.97. The summed E-state index contributed by atoms with van der Waals surface area (Å²) in [5.41, 5.74) is 0.893. The van der Waals surface area contributed by atoms with Gasteiger partial charge in [0.1, 0.15) is 6.04 Å². The van der Waals surface area contributed by atoms with E-state index in [1.54, 1.807) is 17.0 Å². The van der Waals surface area contributed by atoms with Crippen molar-refractivity contribution in [3.8, 4) is 0 Å². The third-order valence-corrected chi connectivity index (χ3v) is 5.43. The van der Waals surface area contributed by atoms with E-state index in [0.29, 0.717) is 26.3 Å². The van der Waals surface area contributed by atoms with E-state index in [-0.39, 0.29) is 23.6 Å². The van der Waals surface area contributed by atoms with E-state index >= 15 is 0 Å². The second-order valence-electron chi connectivity index (χ2n) is 5.86. The summed E-state index contributed by atoms with van der Waals surface area (Å²) in [4.78, 5) is 25.1. The van der Waals surface area contributed by atoms with Crippen molar-refractivity contribution in [1.82, 2.24) is 9.62 Å². The topological polar surface area (TPSA) is 113 Å². The number of hydrogen-bond acceptors (Lipinski definition) is 5. The van der Waals surface area contributed by atoms with Gasteiger partial charge in [0.15, 0.2) is 0 Å². The van der Waals surface area contributed by atoms with Gasteiger partial charge in [0, 0.05) is 19.5 Å². The Morgan fingerprint density at radius 3 is 2.40 bits per heavy atom. The zero-order valence-corrected chi connectivity index (χ0v) is 14.8. The van der Waals surface area contributed by atoms with Crippen molar-refractivity contribution in [2.45, 2.75) is 30.7 Å². The van der Waals surface area contributed by atoms with Crippen LogP contribution in [0.3, 0.4) is 0 Å². The highest BCUT2D eigenvalue weighted by molar-refractivity contribution is 7.89. The van der Waals surface area contributed by atoms with Crippen molar-refractivity contribution < 1.29 is 27.9 Å². The number of aliphatic carboxylic acids is 1. The number of nitrogens with one attached hydrogen (secondary N) is 1. The average Bonchev–Trinajstić information content (AvgIpc) is 2.59. The second-order valence-corrected chi connectivity index (χ2v) is 7.57. The molecule has 1 aromatic rings. The summed E-state index contributed by atoms with van der Waals surface area (Å²) in [5, 5.41) is 9.28. The van der Waals surface area contributed by atoms with Gasteiger partial charge in [0.05, 0.1) is 18.1 Å². The number of carboxylic acid groups (broad SMARTS) is 1. The minimum Gasteiger partial charge on any atom is -0.480 e. The van der Waals surface area contributed by atoms with Gasteiger partial charge in [-0.1, -0.05) is 17.7 Å². The zero-order valence-electron chi connectivity index (χ0n) is 14.0. The van der Waals surface area contributed by atoms with Gasteiger partial charge in [-0.15, -0.1) is 0 Å². The molecule has 2 N–H and O–H groups in total. The van der Waals surface area contributed by atoms with Crippen LogP contribution in [-0.2, 0) is 24.3 Å². The largest absolute Gasteiger partial charge is 0.480 e. The van der Waals surface area contributed by atoms with Gasteiger partial charge in [-0.05, 0) is 25.5 Å². The van der Waals surface area contributed by atoms with Crippen LogP contribution >= 0.6 is 0 Å². The number of carbonyl (C=O) groups is 2. The molecule has 1 saturated heterocycles. The summed E-state index contributed by atoms with van der Waals surface area (Å²) < 4.78 is 32.0. The molecule has 0 spiro atoms. The smallest absolute Gasteiger partial charge is 0.321 e. The molecule has 0 bridgehead atoms. The lowest BCUT2D eigenvalue weighted by Gasteiger charge is -2.27. The summed E-state index contributed by atoms with van der Waals surface area (Å²) >= 11 is 0. The van der Waals surface area contributed by atoms with Crippen LogP contribution < -0.4 is 4.72 Å². The van der Waals surface area contributed by atoms with E-state index in [2.05, 4.69) is 4.72 Å². The molecule has 1 aromatic carbocycles. The summed E-state index contributed by atoms with van der Waals surface area (Å²) in [6.07, 6.45) is -0.163. The van der Waals surface area contributed by atoms with Crippen LogP contribution in [0.1, 0.15) is 18.4 Å². The highest BCUT2D eigenvalue weighted by atomic mass is 32.2. The van der Waals surface area contributed by atoms with E-state index in [9.17, 15) is 23.1 Å². The molecule has 1 fully saturated rings. The van der Waals surface area contributed by atoms with Gasteiger partial charge >= 0.3 is 5.97 Å². The van der Waals surface area contributed by atoms with E-state index < -0.39 is 22.0 Å². The molecule has 0 saturated carbocycles. The fourth-order valence-electron chi connectivity index (χ4n) is 2.44. The zero-order chi connectivity index (χ0) is 18.4. The Morgan fingerprint density at radius 1 is 1.24 bits per heavy atom.